The highest BCUT2D eigenvalue weighted by molar-refractivity contribution is 7.90. The van der Waals surface area contributed by atoms with Crippen LogP contribution >= 0.6 is 0 Å². The number of aliphatic imine (C=N–C) groups is 1. The lowest BCUT2D eigenvalue weighted by Crippen LogP contribution is -2.39. The van der Waals surface area contributed by atoms with E-state index in [1.54, 1.807) is 19.2 Å². The number of benzene rings is 1. The lowest BCUT2D eigenvalue weighted by Gasteiger charge is -2.11. The number of hydrogen-bond acceptors (Lipinski definition) is 4. The zero-order valence-corrected chi connectivity index (χ0v) is 17.8. The van der Waals surface area contributed by atoms with Crippen LogP contribution in [0.1, 0.15) is 16.8 Å². The van der Waals surface area contributed by atoms with Crippen molar-refractivity contribution in [2.45, 2.75) is 24.7 Å². The maximum Gasteiger partial charge on any atom is 0.190 e. The fourth-order valence-electron chi connectivity index (χ4n) is 3.08. The summed E-state index contributed by atoms with van der Waals surface area (Å²) in [6, 6.07) is 11.1. The number of pyridine rings is 1. The molecule has 0 bridgehead atoms. The molecule has 0 fully saturated rings. The highest BCUT2D eigenvalue weighted by Gasteiger charge is 2.07. The molecule has 0 amide bonds. The Morgan fingerprint density at radius 3 is 2.41 bits per heavy atom. The van der Waals surface area contributed by atoms with Crippen LogP contribution in [0.4, 0.5) is 0 Å². The minimum atomic E-state index is -3.15. The predicted molar refractivity (Wildman–Crippen MR) is 116 cm³/mol. The molecular weight excluding hydrogens is 386 g/mol. The van der Waals surface area contributed by atoms with Gasteiger partial charge in [0.05, 0.1) is 10.6 Å². The van der Waals surface area contributed by atoms with Gasteiger partial charge in [-0.1, -0.05) is 18.2 Å². The van der Waals surface area contributed by atoms with Crippen molar-refractivity contribution in [3.8, 4) is 0 Å². The van der Waals surface area contributed by atoms with Gasteiger partial charge in [-0.25, -0.2) is 13.4 Å². The maximum absolute atomic E-state index is 11.5. The van der Waals surface area contributed by atoms with E-state index in [4.69, 9.17) is 0 Å². The summed E-state index contributed by atoms with van der Waals surface area (Å²) in [5.74, 6) is 0.734. The standard InChI is InChI=1S/C21H27N5O2S/c1-16-5-4-14-26-15-18(25-20(16)26)11-13-24-21(22-2)23-12-10-17-6-8-19(9-7-17)29(3,27)28/h4-9,14-15H,10-13H2,1-3H3,(H2,22,23,24). The molecule has 8 heteroatoms. The maximum atomic E-state index is 11.5. The van der Waals surface area contributed by atoms with Crippen LogP contribution in [0.25, 0.3) is 5.65 Å². The first-order valence-corrected chi connectivity index (χ1v) is 11.4. The molecule has 0 aliphatic carbocycles. The van der Waals surface area contributed by atoms with Gasteiger partial charge in [0, 0.05) is 45.2 Å². The van der Waals surface area contributed by atoms with E-state index in [2.05, 4.69) is 39.8 Å². The first kappa shape index (κ1) is 20.9. The van der Waals surface area contributed by atoms with Crippen LogP contribution in [0.3, 0.4) is 0 Å². The van der Waals surface area contributed by atoms with Crippen molar-refractivity contribution in [2.24, 2.45) is 4.99 Å². The molecule has 3 rings (SSSR count). The van der Waals surface area contributed by atoms with E-state index in [0.717, 1.165) is 47.8 Å². The van der Waals surface area contributed by atoms with Gasteiger partial charge in [-0.05, 0) is 42.7 Å². The number of sulfone groups is 1. The molecule has 2 heterocycles. The molecule has 0 aliphatic heterocycles. The molecule has 154 valence electrons. The molecule has 0 unspecified atom stereocenters. The lowest BCUT2D eigenvalue weighted by atomic mass is 10.1. The molecule has 2 N–H and O–H groups in total. The average Bonchev–Trinajstić information content (AvgIpc) is 3.11. The minimum Gasteiger partial charge on any atom is -0.356 e. The zero-order chi connectivity index (χ0) is 20.9. The summed E-state index contributed by atoms with van der Waals surface area (Å²) in [4.78, 5) is 9.27. The quantitative estimate of drug-likeness (QED) is 0.457. The molecule has 29 heavy (non-hydrogen) atoms. The normalized spacial score (nSPS) is 12.3. The van der Waals surface area contributed by atoms with Gasteiger partial charge in [0.25, 0.3) is 0 Å². The highest BCUT2D eigenvalue weighted by atomic mass is 32.2. The van der Waals surface area contributed by atoms with Crippen molar-refractivity contribution in [1.29, 1.82) is 0 Å². The number of guanidine groups is 1. The van der Waals surface area contributed by atoms with Crippen molar-refractivity contribution >= 4 is 21.4 Å². The Hall–Kier alpha value is -2.87. The molecule has 0 radical (unpaired) electrons. The van der Waals surface area contributed by atoms with Gasteiger partial charge in [0.1, 0.15) is 5.65 Å². The molecule has 1 aromatic carbocycles. The van der Waals surface area contributed by atoms with Gasteiger partial charge in [-0.15, -0.1) is 0 Å². The monoisotopic (exact) mass is 413 g/mol. The highest BCUT2D eigenvalue weighted by Crippen LogP contribution is 2.11. The second-order valence-electron chi connectivity index (χ2n) is 7.00. The van der Waals surface area contributed by atoms with Crippen molar-refractivity contribution in [1.82, 2.24) is 20.0 Å². The van der Waals surface area contributed by atoms with Crippen LogP contribution in [-0.4, -0.2) is 50.2 Å². The van der Waals surface area contributed by atoms with E-state index in [-0.39, 0.29) is 0 Å². The van der Waals surface area contributed by atoms with E-state index in [1.807, 2.05) is 28.8 Å². The lowest BCUT2D eigenvalue weighted by molar-refractivity contribution is 0.602. The van der Waals surface area contributed by atoms with Gasteiger partial charge in [-0.3, -0.25) is 4.99 Å². The number of imidazole rings is 1. The summed E-state index contributed by atoms with van der Waals surface area (Å²) < 4.78 is 25.1. The Labute approximate surface area is 171 Å². The molecule has 0 atom stereocenters. The van der Waals surface area contributed by atoms with Crippen LogP contribution in [0.15, 0.2) is 58.7 Å². The smallest absolute Gasteiger partial charge is 0.190 e. The summed E-state index contributed by atoms with van der Waals surface area (Å²) in [6.45, 7) is 3.49. The van der Waals surface area contributed by atoms with Crippen LogP contribution in [0.5, 0.6) is 0 Å². The third kappa shape index (κ3) is 5.57. The van der Waals surface area contributed by atoms with Crippen LogP contribution < -0.4 is 10.6 Å². The van der Waals surface area contributed by atoms with Gasteiger partial charge in [0.2, 0.25) is 0 Å². The number of nitrogens with one attached hydrogen (secondary N) is 2. The fraction of sp³-hybridized carbons (Fsp3) is 0.333. The summed E-state index contributed by atoms with van der Waals surface area (Å²) in [5.41, 5.74) is 4.26. The van der Waals surface area contributed by atoms with Crippen molar-refractivity contribution in [3.63, 3.8) is 0 Å². The Bertz CT molecular complexity index is 1100. The first-order chi connectivity index (χ1) is 13.9. The van der Waals surface area contributed by atoms with E-state index >= 15 is 0 Å². The molecule has 0 spiro atoms. The summed E-state index contributed by atoms with van der Waals surface area (Å²) >= 11 is 0. The number of fused-ring (bicyclic) bond motifs is 1. The van der Waals surface area contributed by atoms with E-state index in [9.17, 15) is 8.42 Å². The van der Waals surface area contributed by atoms with Gasteiger partial charge >= 0.3 is 0 Å². The average molecular weight is 414 g/mol. The SMILES string of the molecule is CN=C(NCCc1ccc(S(C)(=O)=O)cc1)NCCc1cn2cccc(C)c2n1. The molecule has 2 aromatic heterocycles. The third-order valence-electron chi connectivity index (χ3n) is 4.68. The fourth-order valence-corrected chi connectivity index (χ4v) is 3.71. The van der Waals surface area contributed by atoms with E-state index in [0.29, 0.717) is 11.4 Å². The van der Waals surface area contributed by atoms with Gasteiger partial charge < -0.3 is 15.0 Å². The molecule has 0 aliphatic rings. The molecular formula is C21H27N5O2S. The largest absolute Gasteiger partial charge is 0.356 e. The molecule has 3 aromatic rings. The number of hydrogen-bond donors (Lipinski definition) is 2. The Balaban J connectivity index is 1.45. The second kappa shape index (κ2) is 9.09. The predicted octanol–water partition coefficient (Wildman–Crippen LogP) is 2.00. The Kier molecular flexibility index (Phi) is 6.53. The molecule has 7 nitrogen and oxygen atoms in total. The van der Waals surface area contributed by atoms with Crippen LogP contribution in [-0.2, 0) is 22.7 Å². The van der Waals surface area contributed by atoms with E-state index in [1.165, 1.54) is 6.26 Å². The molecule has 0 saturated carbocycles. The van der Waals surface area contributed by atoms with Gasteiger partial charge in [-0.2, -0.15) is 0 Å². The van der Waals surface area contributed by atoms with Crippen LogP contribution in [0.2, 0.25) is 0 Å². The van der Waals surface area contributed by atoms with Crippen molar-refractivity contribution in [2.75, 3.05) is 26.4 Å². The zero-order valence-electron chi connectivity index (χ0n) is 17.0. The number of nitrogens with zero attached hydrogens (tertiary/aromatic N) is 3. The van der Waals surface area contributed by atoms with Crippen LogP contribution in [0, 0.1) is 6.92 Å². The van der Waals surface area contributed by atoms with Gasteiger partial charge in [0.15, 0.2) is 15.8 Å². The van der Waals surface area contributed by atoms with E-state index < -0.39 is 9.84 Å². The van der Waals surface area contributed by atoms with Crippen molar-refractivity contribution < 1.29 is 8.42 Å². The number of rotatable bonds is 7. The molecule has 0 saturated heterocycles. The minimum absolute atomic E-state index is 0.342. The topological polar surface area (TPSA) is 87.9 Å². The Morgan fingerprint density at radius 1 is 1.10 bits per heavy atom. The first-order valence-electron chi connectivity index (χ1n) is 9.53. The number of aryl methyl sites for hydroxylation is 1. The van der Waals surface area contributed by atoms with Crippen molar-refractivity contribution in [3.05, 3.63) is 65.6 Å². The third-order valence-corrected chi connectivity index (χ3v) is 5.81. The summed E-state index contributed by atoms with van der Waals surface area (Å²) in [5, 5.41) is 6.58. The summed E-state index contributed by atoms with van der Waals surface area (Å²) in [6.07, 6.45) is 6.85. The Morgan fingerprint density at radius 2 is 1.79 bits per heavy atom. The second-order valence-corrected chi connectivity index (χ2v) is 9.01. The number of aromatic nitrogens is 2. The summed E-state index contributed by atoms with van der Waals surface area (Å²) in [7, 11) is -1.41.